The number of anilines is 1. The maximum absolute atomic E-state index is 12.8. The van der Waals surface area contributed by atoms with Gasteiger partial charge in [-0.3, -0.25) is 14.6 Å². The summed E-state index contributed by atoms with van der Waals surface area (Å²) in [5.41, 5.74) is 4.67. The van der Waals surface area contributed by atoms with Gasteiger partial charge in [0.15, 0.2) is 0 Å². The van der Waals surface area contributed by atoms with E-state index in [0.29, 0.717) is 22.6 Å². The lowest BCUT2D eigenvalue weighted by Crippen LogP contribution is -2.14. The molecule has 1 amide bonds. The maximum Gasteiger partial charge on any atom is 0.264 e. The molecule has 2 heterocycles. The first kappa shape index (κ1) is 19.7. The number of carbonyl (C=O) groups excluding carboxylic acids is 1. The van der Waals surface area contributed by atoms with Gasteiger partial charge in [-0.05, 0) is 49.4 Å². The zero-order valence-electron chi connectivity index (χ0n) is 16.0. The summed E-state index contributed by atoms with van der Waals surface area (Å²) in [4.78, 5) is 28.6. The van der Waals surface area contributed by atoms with Crippen molar-refractivity contribution < 1.29 is 4.79 Å². The molecule has 148 valence electrons. The fraction of sp³-hybridized carbons (Fsp3) is 0.0435. The molecule has 0 fully saturated rings. The normalized spacial score (nSPS) is 10.6. The van der Waals surface area contributed by atoms with Crippen LogP contribution in [0.15, 0.2) is 82.1 Å². The Bertz CT molecular complexity index is 1280. The first-order valence-electron chi connectivity index (χ1n) is 9.21. The van der Waals surface area contributed by atoms with E-state index in [1.54, 1.807) is 24.3 Å². The van der Waals surface area contributed by atoms with Crippen molar-refractivity contribution in [2.75, 3.05) is 5.32 Å². The average molecular weight is 461 g/mol. The van der Waals surface area contributed by atoms with Crippen LogP contribution >= 0.6 is 15.9 Å². The Morgan fingerprint density at radius 3 is 2.37 bits per heavy atom. The van der Waals surface area contributed by atoms with Gasteiger partial charge in [-0.2, -0.15) is 5.10 Å². The molecule has 0 radical (unpaired) electrons. The van der Waals surface area contributed by atoms with Crippen LogP contribution in [0.3, 0.4) is 0 Å². The number of aromatic nitrogens is 3. The maximum atomic E-state index is 12.8. The third-order valence-electron chi connectivity index (χ3n) is 4.55. The van der Waals surface area contributed by atoms with Crippen LogP contribution in [0.4, 0.5) is 5.69 Å². The number of hydrogen-bond donors (Lipinski definition) is 2. The number of aryl methyl sites for hydroxylation is 1. The van der Waals surface area contributed by atoms with E-state index in [1.165, 1.54) is 6.07 Å². The summed E-state index contributed by atoms with van der Waals surface area (Å²) >= 11 is 3.47. The number of halogens is 1. The van der Waals surface area contributed by atoms with E-state index in [9.17, 15) is 9.59 Å². The van der Waals surface area contributed by atoms with Crippen LogP contribution < -0.4 is 10.9 Å². The highest BCUT2D eigenvalue weighted by Gasteiger charge is 2.13. The molecule has 7 heteroatoms. The zero-order chi connectivity index (χ0) is 21.1. The molecular weight excluding hydrogens is 444 g/mol. The molecule has 0 aliphatic carbocycles. The van der Waals surface area contributed by atoms with Crippen molar-refractivity contribution in [2.24, 2.45) is 0 Å². The smallest absolute Gasteiger partial charge is 0.264 e. The number of hydrogen-bond acceptors (Lipinski definition) is 4. The van der Waals surface area contributed by atoms with E-state index in [0.717, 1.165) is 21.3 Å². The molecular formula is C23H17BrN4O2. The van der Waals surface area contributed by atoms with E-state index in [2.05, 4.69) is 36.4 Å². The average Bonchev–Trinajstić information content (AvgIpc) is 2.74. The second-order valence-electron chi connectivity index (χ2n) is 6.68. The second kappa shape index (κ2) is 8.42. The van der Waals surface area contributed by atoms with E-state index >= 15 is 0 Å². The fourth-order valence-corrected chi connectivity index (χ4v) is 3.47. The first-order valence-corrected chi connectivity index (χ1v) is 10.00. The monoisotopic (exact) mass is 460 g/mol. The van der Waals surface area contributed by atoms with Crippen LogP contribution in [0, 0.1) is 6.92 Å². The summed E-state index contributed by atoms with van der Waals surface area (Å²) in [6, 6.07) is 21.8. The Kier molecular flexibility index (Phi) is 5.54. The number of nitrogens with one attached hydrogen (secondary N) is 2. The first-order chi connectivity index (χ1) is 14.5. The van der Waals surface area contributed by atoms with Gasteiger partial charge in [0.05, 0.1) is 22.6 Å². The number of aromatic amines is 1. The zero-order valence-corrected chi connectivity index (χ0v) is 17.6. The highest BCUT2D eigenvalue weighted by molar-refractivity contribution is 9.10. The van der Waals surface area contributed by atoms with Crippen molar-refractivity contribution in [2.45, 2.75) is 6.92 Å². The predicted molar refractivity (Wildman–Crippen MR) is 120 cm³/mol. The molecule has 0 atom stereocenters. The fourth-order valence-electron chi connectivity index (χ4n) is 3.07. The lowest BCUT2D eigenvalue weighted by molar-refractivity contribution is 0.102. The SMILES string of the molecule is Cc1nc(-c2cccc(Br)c2)ccc1C(=O)Nc1cccc(-c2ccc(=O)[nH]n2)c1. The summed E-state index contributed by atoms with van der Waals surface area (Å²) < 4.78 is 0.970. The molecule has 2 aromatic carbocycles. The number of benzene rings is 2. The number of H-pyrrole nitrogens is 1. The van der Waals surface area contributed by atoms with Crippen LogP contribution in [0.1, 0.15) is 16.1 Å². The predicted octanol–water partition coefficient (Wildman–Crippen LogP) is 4.82. The van der Waals surface area contributed by atoms with Gasteiger partial charge in [-0.25, -0.2) is 5.10 Å². The van der Waals surface area contributed by atoms with Gasteiger partial charge in [0.2, 0.25) is 0 Å². The van der Waals surface area contributed by atoms with Crippen LogP contribution in [0.2, 0.25) is 0 Å². The van der Waals surface area contributed by atoms with Crippen molar-refractivity contribution in [1.82, 2.24) is 15.2 Å². The van der Waals surface area contributed by atoms with Crippen LogP contribution in [-0.2, 0) is 0 Å². The van der Waals surface area contributed by atoms with Gasteiger partial charge in [-0.15, -0.1) is 0 Å². The van der Waals surface area contributed by atoms with E-state index in [1.807, 2.05) is 49.4 Å². The third-order valence-corrected chi connectivity index (χ3v) is 5.04. The molecule has 0 saturated carbocycles. The Labute approximate surface area is 181 Å². The lowest BCUT2D eigenvalue weighted by Gasteiger charge is -2.10. The van der Waals surface area contributed by atoms with Gasteiger partial charge in [0.25, 0.3) is 11.5 Å². The van der Waals surface area contributed by atoms with Crippen molar-refractivity contribution in [1.29, 1.82) is 0 Å². The quantitative estimate of drug-likeness (QED) is 0.456. The molecule has 2 aromatic heterocycles. The topological polar surface area (TPSA) is 87.7 Å². The van der Waals surface area contributed by atoms with Crippen molar-refractivity contribution >= 4 is 27.5 Å². The van der Waals surface area contributed by atoms with Gasteiger partial charge in [0.1, 0.15) is 0 Å². The number of carbonyl (C=O) groups is 1. The standard InChI is InChI=1S/C23H17BrN4O2/c1-14-19(8-9-20(25-14)15-4-2-6-17(24)12-15)23(30)26-18-7-3-5-16(13-18)21-10-11-22(29)28-27-21/h2-13H,1H3,(H,26,30)(H,28,29). The van der Waals surface area contributed by atoms with Crippen molar-refractivity contribution in [3.05, 3.63) is 98.9 Å². The van der Waals surface area contributed by atoms with E-state index < -0.39 is 0 Å². The van der Waals surface area contributed by atoms with Crippen LogP contribution in [-0.4, -0.2) is 21.1 Å². The minimum Gasteiger partial charge on any atom is -0.322 e. The van der Waals surface area contributed by atoms with Gasteiger partial charge >= 0.3 is 0 Å². The molecule has 2 N–H and O–H groups in total. The number of rotatable bonds is 4. The van der Waals surface area contributed by atoms with Crippen LogP contribution in [0.25, 0.3) is 22.5 Å². The molecule has 0 bridgehead atoms. The lowest BCUT2D eigenvalue weighted by atomic mass is 10.1. The molecule has 30 heavy (non-hydrogen) atoms. The van der Waals surface area contributed by atoms with Gasteiger partial charge < -0.3 is 5.32 Å². The van der Waals surface area contributed by atoms with Crippen molar-refractivity contribution in [3.8, 4) is 22.5 Å². The summed E-state index contributed by atoms with van der Waals surface area (Å²) in [5, 5.41) is 9.33. The van der Waals surface area contributed by atoms with E-state index in [4.69, 9.17) is 0 Å². The Morgan fingerprint density at radius 2 is 1.67 bits per heavy atom. The molecule has 4 rings (SSSR count). The Morgan fingerprint density at radius 1 is 0.933 bits per heavy atom. The third kappa shape index (κ3) is 4.36. The summed E-state index contributed by atoms with van der Waals surface area (Å²) in [6.45, 7) is 1.82. The Hall–Kier alpha value is -3.58. The second-order valence-corrected chi connectivity index (χ2v) is 7.60. The highest BCUT2D eigenvalue weighted by Crippen LogP contribution is 2.24. The number of amides is 1. The minimum atomic E-state index is -0.266. The Balaban J connectivity index is 1.56. The molecule has 0 spiro atoms. The van der Waals surface area contributed by atoms with Crippen molar-refractivity contribution in [3.63, 3.8) is 0 Å². The molecule has 4 aromatic rings. The summed E-state index contributed by atoms with van der Waals surface area (Å²) in [6.07, 6.45) is 0. The largest absolute Gasteiger partial charge is 0.322 e. The number of pyridine rings is 1. The number of nitrogens with zero attached hydrogens (tertiary/aromatic N) is 2. The molecule has 0 aliphatic heterocycles. The van der Waals surface area contributed by atoms with E-state index in [-0.39, 0.29) is 11.5 Å². The minimum absolute atomic E-state index is 0.243. The van der Waals surface area contributed by atoms with Gasteiger partial charge in [0, 0.05) is 27.4 Å². The molecule has 6 nitrogen and oxygen atoms in total. The summed E-state index contributed by atoms with van der Waals surface area (Å²) in [5.74, 6) is -0.243. The molecule has 0 aliphatic rings. The molecule has 0 saturated heterocycles. The van der Waals surface area contributed by atoms with Gasteiger partial charge in [-0.1, -0.05) is 40.2 Å². The van der Waals surface area contributed by atoms with Crippen LogP contribution in [0.5, 0.6) is 0 Å². The highest BCUT2D eigenvalue weighted by atomic mass is 79.9. The molecule has 0 unspecified atom stereocenters. The summed E-state index contributed by atoms with van der Waals surface area (Å²) in [7, 11) is 0.